The van der Waals surface area contributed by atoms with Gasteiger partial charge in [-0.25, -0.2) is 9.59 Å². The molecule has 0 spiro atoms. The van der Waals surface area contributed by atoms with Gasteiger partial charge in [0.15, 0.2) is 0 Å². The van der Waals surface area contributed by atoms with E-state index in [4.69, 9.17) is 19.8 Å². The normalized spacial score (nSPS) is 11.3. The molecule has 1 atom stereocenters. The number of hydrogen-bond donors (Lipinski definition) is 3. The molecule has 2 aromatic rings. The van der Waals surface area contributed by atoms with Gasteiger partial charge in [0.05, 0.1) is 4.90 Å². The van der Waals surface area contributed by atoms with Crippen molar-refractivity contribution in [3.05, 3.63) is 78.4 Å². The zero-order valence-electron chi connectivity index (χ0n) is 17.8. The molecule has 174 valence electrons. The van der Waals surface area contributed by atoms with E-state index in [1.165, 1.54) is 18.2 Å². The van der Waals surface area contributed by atoms with Gasteiger partial charge < -0.3 is 20.5 Å². The van der Waals surface area contributed by atoms with E-state index in [0.717, 1.165) is 11.1 Å². The first-order valence-corrected chi connectivity index (χ1v) is 11.1. The highest BCUT2D eigenvalue weighted by molar-refractivity contribution is 7.85. The van der Waals surface area contributed by atoms with Gasteiger partial charge in [-0.1, -0.05) is 60.7 Å². The van der Waals surface area contributed by atoms with Crippen LogP contribution in [0.4, 0.5) is 4.79 Å². The molecule has 2 rings (SSSR count). The number of ether oxygens (including phenoxy) is 2. The van der Waals surface area contributed by atoms with Gasteiger partial charge in [-0.15, -0.1) is 0 Å². The van der Waals surface area contributed by atoms with Gasteiger partial charge in [0.1, 0.15) is 19.3 Å². The molecule has 0 saturated heterocycles. The number of rotatable bonds is 9. The van der Waals surface area contributed by atoms with E-state index in [1.807, 2.05) is 37.3 Å². The second kappa shape index (κ2) is 14.0. The number of esters is 1. The molecule has 9 nitrogen and oxygen atoms in total. The van der Waals surface area contributed by atoms with Crippen molar-refractivity contribution in [3.63, 3.8) is 0 Å². The zero-order valence-corrected chi connectivity index (χ0v) is 18.6. The first-order valence-electron chi connectivity index (χ1n) is 9.66. The van der Waals surface area contributed by atoms with E-state index < -0.39 is 28.2 Å². The minimum Gasteiger partial charge on any atom is -0.460 e. The maximum absolute atomic E-state index is 11.7. The first-order chi connectivity index (χ1) is 15.2. The molecule has 0 aliphatic rings. The number of carbonyl (C=O) groups is 2. The smallest absolute Gasteiger partial charge is 0.408 e. The van der Waals surface area contributed by atoms with Crippen molar-refractivity contribution in [2.45, 2.75) is 30.9 Å². The monoisotopic (exact) mass is 464 g/mol. The predicted molar refractivity (Wildman–Crippen MR) is 119 cm³/mol. The summed E-state index contributed by atoms with van der Waals surface area (Å²) in [5.74, 6) is -0.558. The summed E-state index contributed by atoms with van der Waals surface area (Å²) in [4.78, 5) is 23.3. The van der Waals surface area contributed by atoms with Gasteiger partial charge in [0.25, 0.3) is 10.1 Å². The van der Waals surface area contributed by atoms with Crippen LogP contribution in [0.15, 0.2) is 72.1 Å². The van der Waals surface area contributed by atoms with E-state index >= 15 is 0 Å². The minimum atomic E-state index is -4.02. The summed E-state index contributed by atoms with van der Waals surface area (Å²) >= 11 is 0. The van der Waals surface area contributed by atoms with Gasteiger partial charge in [-0.3, -0.25) is 4.55 Å². The highest BCUT2D eigenvalue weighted by Gasteiger charge is 2.21. The van der Waals surface area contributed by atoms with Gasteiger partial charge in [-0.05, 0) is 37.6 Å². The van der Waals surface area contributed by atoms with Gasteiger partial charge in [-0.2, -0.15) is 8.42 Å². The van der Waals surface area contributed by atoms with Gasteiger partial charge in [0, 0.05) is 0 Å². The zero-order chi connectivity index (χ0) is 24.0. The minimum absolute atomic E-state index is 0.0666. The second-order valence-corrected chi connectivity index (χ2v) is 7.96. The average molecular weight is 465 g/mol. The summed E-state index contributed by atoms with van der Waals surface area (Å²) in [6, 6.07) is 14.4. The Hall–Kier alpha value is -3.21. The Morgan fingerprint density at radius 2 is 1.75 bits per heavy atom. The Morgan fingerprint density at radius 1 is 1.12 bits per heavy atom. The highest BCUT2D eigenvalue weighted by Crippen LogP contribution is 2.08. The fourth-order valence-electron chi connectivity index (χ4n) is 2.27. The molecule has 2 aromatic carbocycles. The molecule has 10 heteroatoms. The fraction of sp³-hybridized carbons (Fsp3) is 0.273. The lowest BCUT2D eigenvalue weighted by Crippen LogP contribution is -2.43. The van der Waals surface area contributed by atoms with E-state index in [9.17, 15) is 18.0 Å². The number of nitrogens with two attached hydrogens (primary N) is 1. The molecule has 0 unspecified atom stereocenters. The molecular formula is C22H28N2O7S. The molecule has 32 heavy (non-hydrogen) atoms. The van der Waals surface area contributed by atoms with E-state index in [0.29, 0.717) is 0 Å². The van der Waals surface area contributed by atoms with Crippen LogP contribution >= 0.6 is 0 Å². The van der Waals surface area contributed by atoms with Gasteiger partial charge in [0.2, 0.25) is 0 Å². The Labute approximate surface area is 188 Å². The third kappa shape index (κ3) is 10.7. The number of benzene rings is 2. The second-order valence-electron chi connectivity index (χ2n) is 6.54. The lowest BCUT2D eigenvalue weighted by Gasteiger charge is -2.16. The molecular weight excluding hydrogens is 436 g/mol. The van der Waals surface area contributed by atoms with Crippen molar-refractivity contribution < 1.29 is 32.0 Å². The third-order valence-electron chi connectivity index (χ3n) is 3.91. The molecule has 0 aromatic heterocycles. The molecule has 0 bridgehead atoms. The lowest BCUT2D eigenvalue weighted by molar-refractivity contribution is -0.144. The SMILES string of the molecule is C=CCOC(=O)[C@H](CCN)NC(=O)OCc1ccccc1.Cc1ccc(S(=O)(=O)O)cc1. The summed E-state index contributed by atoms with van der Waals surface area (Å²) in [5, 5.41) is 2.45. The van der Waals surface area contributed by atoms with E-state index in [1.54, 1.807) is 12.1 Å². The third-order valence-corrected chi connectivity index (χ3v) is 4.77. The van der Waals surface area contributed by atoms with Crippen LogP contribution in [0.1, 0.15) is 17.5 Å². The summed E-state index contributed by atoms with van der Waals surface area (Å²) in [6.45, 7) is 5.74. The van der Waals surface area contributed by atoms with Crippen molar-refractivity contribution in [2.75, 3.05) is 13.2 Å². The lowest BCUT2D eigenvalue weighted by atomic mass is 10.2. The van der Waals surface area contributed by atoms with Crippen molar-refractivity contribution in [1.82, 2.24) is 5.32 Å². The number of amides is 1. The van der Waals surface area contributed by atoms with Gasteiger partial charge >= 0.3 is 12.1 Å². The molecule has 0 aliphatic carbocycles. The van der Waals surface area contributed by atoms with Crippen LogP contribution in [0, 0.1) is 6.92 Å². The van der Waals surface area contributed by atoms with Crippen LogP contribution in [0.25, 0.3) is 0 Å². The summed E-state index contributed by atoms with van der Waals surface area (Å²) in [6.07, 6.45) is 1.04. The number of aryl methyl sites for hydroxylation is 1. The van der Waals surface area contributed by atoms with Crippen LogP contribution in [-0.4, -0.2) is 44.2 Å². The summed E-state index contributed by atoms with van der Waals surface area (Å²) in [5.41, 5.74) is 7.23. The molecule has 0 saturated carbocycles. The fourth-order valence-corrected chi connectivity index (χ4v) is 2.75. The van der Waals surface area contributed by atoms with Crippen LogP contribution in [0.2, 0.25) is 0 Å². The van der Waals surface area contributed by atoms with E-state index in [-0.39, 0.29) is 31.1 Å². The molecule has 0 radical (unpaired) electrons. The number of carbonyl (C=O) groups excluding carboxylic acids is 2. The number of alkyl carbamates (subject to hydrolysis) is 1. The molecule has 4 N–H and O–H groups in total. The highest BCUT2D eigenvalue weighted by atomic mass is 32.2. The summed E-state index contributed by atoms with van der Waals surface area (Å²) in [7, 11) is -4.02. The number of nitrogens with one attached hydrogen (secondary N) is 1. The topological polar surface area (TPSA) is 145 Å². The predicted octanol–water partition coefficient (Wildman–Crippen LogP) is 2.60. The molecule has 0 aliphatic heterocycles. The van der Waals surface area contributed by atoms with Crippen molar-refractivity contribution in [2.24, 2.45) is 5.73 Å². The summed E-state index contributed by atoms with van der Waals surface area (Å²) < 4.78 is 39.5. The maximum atomic E-state index is 11.7. The Kier molecular flexibility index (Phi) is 11.7. The van der Waals surface area contributed by atoms with Crippen LogP contribution < -0.4 is 11.1 Å². The Bertz CT molecular complexity index is 962. The van der Waals surface area contributed by atoms with Crippen molar-refractivity contribution >= 4 is 22.2 Å². The van der Waals surface area contributed by atoms with Crippen LogP contribution in [0.3, 0.4) is 0 Å². The quantitative estimate of drug-likeness (QED) is 0.292. The molecule has 1 amide bonds. The Morgan fingerprint density at radius 3 is 2.28 bits per heavy atom. The standard InChI is InChI=1S/C15H20N2O4.C7H8O3S/c1-2-10-20-14(18)13(8-9-16)17-15(19)21-11-12-6-4-3-5-7-12;1-6-2-4-7(5-3-6)11(8,9)10/h2-7,13H,1,8-11,16H2,(H,17,19);2-5H,1H3,(H,8,9,10)/t13-;/m0./s1. The van der Waals surface area contributed by atoms with Crippen molar-refractivity contribution in [3.8, 4) is 0 Å². The van der Waals surface area contributed by atoms with E-state index in [2.05, 4.69) is 11.9 Å². The van der Waals surface area contributed by atoms with Crippen molar-refractivity contribution in [1.29, 1.82) is 0 Å². The average Bonchev–Trinajstić information content (AvgIpc) is 2.76. The largest absolute Gasteiger partial charge is 0.460 e. The van der Waals surface area contributed by atoms with Crippen LogP contribution in [0.5, 0.6) is 0 Å². The molecule has 0 fully saturated rings. The number of hydrogen-bond acceptors (Lipinski definition) is 7. The maximum Gasteiger partial charge on any atom is 0.408 e. The Balaban J connectivity index is 0.000000389. The van der Waals surface area contributed by atoms with Crippen LogP contribution in [-0.2, 0) is 31.0 Å². The molecule has 0 heterocycles. The first kappa shape index (κ1) is 26.8.